The van der Waals surface area contributed by atoms with Crippen molar-refractivity contribution in [1.29, 1.82) is 0 Å². The molecule has 2 rings (SSSR count). The van der Waals surface area contributed by atoms with E-state index in [0.29, 0.717) is 10.7 Å². The normalized spacial score (nSPS) is 10.8. The number of thiocarbonyl (C=S) groups is 1. The van der Waals surface area contributed by atoms with Gasteiger partial charge in [0.25, 0.3) is 0 Å². The van der Waals surface area contributed by atoms with Crippen LogP contribution in [0.15, 0.2) is 36.5 Å². The zero-order valence-electron chi connectivity index (χ0n) is 12.4. The third-order valence-corrected chi connectivity index (χ3v) is 3.47. The minimum Gasteiger partial charge on any atom is -0.388 e. The molecule has 0 amide bonds. The van der Waals surface area contributed by atoms with Crippen molar-refractivity contribution >= 4 is 17.2 Å². The molecule has 0 atom stereocenters. The summed E-state index contributed by atoms with van der Waals surface area (Å²) >= 11 is 4.97. The second-order valence-electron chi connectivity index (χ2n) is 4.99. The van der Waals surface area contributed by atoms with E-state index in [-0.39, 0.29) is 0 Å². The molecule has 0 fully saturated rings. The fraction of sp³-hybridized carbons (Fsp3) is 0.312. The summed E-state index contributed by atoms with van der Waals surface area (Å²) in [4.78, 5) is 11.4. The van der Waals surface area contributed by atoms with Gasteiger partial charge in [-0.15, -0.1) is 0 Å². The Balaban J connectivity index is 2.08. The maximum Gasteiger partial charge on any atom is 0.122 e. The molecule has 0 radical (unpaired) electrons. The van der Waals surface area contributed by atoms with Gasteiger partial charge in [0.15, 0.2) is 0 Å². The van der Waals surface area contributed by atoms with Crippen LogP contribution in [0.3, 0.4) is 0 Å². The van der Waals surface area contributed by atoms with Gasteiger partial charge in [0.05, 0.1) is 11.4 Å². The van der Waals surface area contributed by atoms with Crippen molar-refractivity contribution in [3.63, 3.8) is 0 Å². The molecule has 0 spiro atoms. The molecule has 0 aliphatic rings. The minimum atomic E-state index is 0.334. The van der Waals surface area contributed by atoms with E-state index in [1.807, 2.05) is 31.2 Å². The number of nitrogens with two attached hydrogens (primary N) is 1. The van der Waals surface area contributed by atoms with Gasteiger partial charge in [-0.05, 0) is 43.3 Å². The third-order valence-electron chi connectivity index (χ3n) is 3.26. The third kappa shape index (κ3) is 4.58. The van der Waals surface area contributed by atoms with E-state index in [9.17, 15) is 0 Å². The molecule has 5 heteroatoms. The first-order valence-electron chi connectivity index (χ1n) is 6.98. The van der Waals surface area contributed by atoms with Crippen LogP contribution in [0.1, 0.15) is 29.6 Å². The predicted molar refractivity (Wildman–Crippen MR) is 88.9 cm³/mol. The van der Waals surface area contributed by atoms with Crippen LogP contribution < -0.4 is 5.73 Å². The highest BCUT2D eigenvalue weighted by molar-refractivity contribution is 7.80. The quantitative estimate of drug-likeness (QED) is 0.830. The van der Waals surface area contributed by atoms with Crippen LogP contribution in [0, 0.1) is 6.92 Å². The summed E-state index contributed by atoms with van der Waals surface area (Å²) in [5.41, 5.74) is 9.59. The largest absolute Gasteiger partial charge is 0.388 e. The zero-order valence-corrected chi connectivity index (χ0v) is 13.2. The number of nitrogens with zero attached hydrogens (tertiary/aromatic N) is 3. The molecule has 0 aliphatic carbocycles. The molecule has 0 aliphatic heterocycles. The van der Waals surface area contributed by atoms with Crippen LogP contribution in [-0.4, -0.2) is 26.4 Å². The number of pyridine rings is 2. The Bertz CT molecular complexity index is 627. The number of hydrogen-bond donors (Lipinski definition) is 1. The van der Waals surface area contributed by atoms with Crippen LogP contribution in [-0.2, 0) is 13.1 Å². The fourth-order valence-corrected chi connectivity index (χ4v) is 2.27. The average Bonchev–Trinajstić information content (AvgIpc) is 2.47. The highest BCUT2D eigenvalue weighted by Gasteiger charge is 2.07. The molecule has 0 bridgehead atoms. The Labute approximate surface area is 131 Å². The topological polar surface area (TPSA) is 55.0 Å². The lowest BCUT2D eigenvalue weighted by Gasteiger charge is -2.20. The number of rotatable bonds is 6. The summed E-state index contributed by atoms with van der Waals surface area (Å²) in [6.45, 7) is 6.75. The van der Waals surface area contributed by atoms with Crippen molar-refractivity contribution in [1.82, 2.24) is 14.9 Å². The van der Waals surface area contributed by atoms with Crippen LogP contribution in [0.4, 0.5) is 0 Å². The Morgan fingerprint density at radius 3 is 2.76 bits per heavy atom. The SMILES string of the molecule is CCN(Cc1ccnc(C(N)=S)c1)Cc1cccc(C)n1. The Morgan fingerprint density at radius 2 is 2.10 bits per heavy atom. The summed E-state index contributed by atoms with van der Waals surface area (Å²) in [7, 11) is 0. The van der Waals surface area contributed by atoms with Gasteiger partial charge >= 0.3 is 0 Å². The first-order valence-corrected chi connectivity index (χ1v) is 7.39. The summed E-state index contributed by atoms with van der Waals surface area (Å²) in [6.07, 6.45) is 1.75. The Hall–Kier alpha value is -1.85. The van der Waals surface area contributed by atoms with E-state index in [2.05, 4.69) is 27.9 Å². The van der Waals surface area contributed by atoms with Gasteiger partial charge in [-0.25, -0.2) is 0 Å². The van der Waals surface area contributed by atoms with Gasteiger partial charge in [0.2, 0.25) is 0 Å². The molecule has 21 heavy (non-hydrogen) atoms. The summed E-state index contributed by atoms with van der Waals surface area (Å²) < 4.78 is 0. The Morgan fingerprint density at radius 1 is 1.29 bits per heavy atom. The number of aryl methyl sites for hydroxylation is 1. The zero-order chi connectivity index (χ0) is 15.2. The minimum absolute atomic E-state index is 0.334. The van der Waals surface area contributed by atoms with E-state index >= 15 is 0 Å². The van der Waals surface area contributed by atoms with Gasteiger partial charge in [0.1, 0.15) is 4.99 Å². The highest BCUT2D eigenvalue weighted by Crippen LogP contribution is 2.10. The van der Waals surface area contributed by atoms with Crippen molar-refractivity contribution in [2.45, 2.75) is 26.9 Å². The monoisotopic (exact) mass is 300 g/mol. The van der Waals surface area contributed by atoms with E-state index in [0.717, 1.165) is 36.6 Å². The van der Waals surface area contributed by atoms with Gasteiger partial charge in [-0.3, -0.25) is 14.9 Å². The van der Waals surface area contributed by atoms with Crippen LogP contribution in [0.25, 0.3) is 0 Å². The second kappa shape index (κ2) is 7.24. The molecule has 2 aromatic rings. The molecule has 0 saturated carbocycles. The molecule has 2 heterocycles. The number of aromatic nitrogens is 2. The Kier molecular flexibility index (Phi) is 5.36. The molecule has 4 nitrogen and oxygen atoms in total. The predicted octanol–water partition coefficient (Wildman–Crippen LogP) is 2.44. The molecule has 2 N–H and O–H groups in total. The molecule has 110 valence electrons. The maximum absolute atomic E-state index is 5.63. The molecular weight excluding hydrogens is 280 g/mol. The summed E-state index contributed by atoms with van der Waals surface area (Å²) in [6, 6.07) is 10.1. The lowest BCUT2D eigenvalue weighted by atomic mass is 10.2. The smallest absolute Gasteiger partial charge is 0.122 e. The molecule has 2 aromatic heterocycles. The molecule has 0 saturated heterocycles. The van der Waals surface area contributed by atoms with Crippen molar-refractivity contribution in [2.75, 3.05) is 6.54 Å². The molecular formula is C16H20N4S. The van der Waals surface area contributed by atoms with E-state index in [1.165, 1.54) is 0 Å². The number of hydrogen-bond acceptors (Lipinski definition) is 4. The van der Waals surface area contributed by atoms with E-state index in [1.54, 1.807) is 6.20 Å². The highest BCUT2D eigenvalue weighted by atomic mass is 32.1. The van der Waals surface area contributed by atoms with Crippen LogP contribution in [0.5, 0.6) is 0 Å². The lowest BCUT2D eigenvalue weighted by molar-refractivity contribution is 0.268. The van der Waals surface area contributed by atoms with Crippen LogP contribution in [0.2, 0.25) is 0 Å². The van der Waals surface area contributed by atoms with Crippen molar-refractivity contribution in [3.8, 4) is 0 Å². The molecule has 0 unspecified atom stereocenters. The van der Waals surface area contributed by atoms with Gasteiger partial charge < -0.3 is 5.73 Å². The fourth-order valence-electron chi connectivity index (χ4n) is 2.16. The standard InChI is InChI=1S/C16H20N4S/c1-3-20(11-14-6-4-5-12(2)19-14)10-13-7-8-18-15(9-13)16(17)21/h4-9H,3,10-11H2,1-2H3,(H2,17,21). The first kappa shape index (κ1) is 15.5. The van der Waals surface area contributed by atoms with E-state index < -0.39 is 0 Å². The van der Waals surface area contributed by atoms with Gasteiger partial charge in [-0.1, -0.05) is 25.2 Å². The summed E-state index contributed by atoms with van der Waals surface area (Å²) in [5, 5.41) is 0. The molecule has 0 aromatic carbocycles. The second-order valence-corrected chi connectivity index (χ2v) is 5.43. The lowest BCUT2D eigenvalue weighted by Crippen LogP contribution is -2.23. The van der Waals surface area contributed by atoms with Gasteiger partial charge in [0, 0.05) is 25.0 Å². The van der Waals surface area contributed by atoms with Crippen LogP contribution >= 0.6 is 12.2 Å². The van der Waals surface area contributed by atoms with Crippen molar-refractivity contribution in [3.05, 3.63) is 59.2 Å². The van der Waals surface area contributed by atoms with E-state index in [4.69, 9.17) is 18.0 Å². The van der Waals surface area contributed by atoms with Gasteiger partial charge in [-0.2, -0.15) is 0 Å². The van der Waals surface area contributed by atoms with Crippen molar-refractivity contribution in [2.24, 2.45) is 5.73 Å². The maximum atomic E-state index is 5.63. The average molecular weight is 300 g/mol. The first-order chi connectivity index (χ1) is 10.1. The van der Waals surface area contributed by atoms with Crippen molar-refractivity contribution < 1.29 is 0 Å². The summed E-state index contributed by atoms with van der Waals surface area (Å²) in [5.74, 6) is 0.